The minimum absolute atomic E-state index is 0.340. The lowest BCUT2D eigenvalue weighted by Crippen LogP contribution is -2.26. The average molecular weight is 155 g/mol. The Morgan fingerprint density at radius 1 is 1.64 bits per heavy atom. The Morgan fingerprint density at radius 2 is 2.27 bits per heavy atom. The number of hydrogen-bond donors (Lipinski definition) is 1. The lowest BCUT2D eigenvalue weighted by Gasteiger charge is -2.12. The highest BCUT2D eigenvalue weighted by Gasteiger charge is 2.02. The van der Waals surface area contributed by atoms with Crippen LogP contribution in [0.1, 0.15) is 5.56 Å². The van der Waals surface area contributed by atoms with Crippen LogP contribution in [0.15, 0.2) is 12.3 Å². The van der Waals surface area contributed by atoms with E-state index in [1.54, 1.807) is 14.0 Å². The van der Waals surface area contributed by atoms with E-state index in [0.29, 0.717) is 5.82 Å². The normalized spacial score (nSPS) is 9.82. The van der Waals surface area contributed by atoms with Gasteiger partial charge in [-0.25, -0.2) is 15.2 Å². The molecule has 0 saturated carbocycles. The first-order valence-electron chi connectivity index (χ1n) is 3.22. The van der Waals surface area contributed by atoms with Gasteiger partial charge in [0.1, 0.15) is 11.6 Å². The maximum atomic E-state index is 12.5. The molecule has 0 bridgehead atoms. The van der Waals surface area contributed by atoms with Gasteiger partial charge in [0.25, 0.3) is 0 Å². The zero-order valence-electron chi connectivity index (χ0n) is 6.50. The number of anilines is 1. The molecular formula is C7H10FN3. The molecule has 2 N–H and O–H groups in total. The molecule has 0 fully saturated rings. The molecule has 60 valence electrons. The molecule has 0 saturated heterocycles. The van der Waals surface area contributed by atoms with E-state index in [4.69, 9.17) is 5.84 Å². The molecule has 4 heteroatoms. The summed E-state index contributed by atoms with van der Waals surface area (Å²) in [6.07, 6.45) is 1.14. The highest BCUT2D eigenvalue weighted by atomic mass is 19.1. The average Bonchev–Trinajstić information content (AvgIpc) is 1.85. The maximum absolute atomic E-state index is 12.5. The fraction of sp³-hybridized carbons (Fsp3) is 0.286. The molecule has 0 spiro atoms. The standard InChI is InChI=1S/C7H10FN3/c1-5-3-6(8)4-10-7(5)11(2)9/h3-4H,9H2,1-2H3. The smallest absolute Gasteiger partial charge is 0.145 e. The van der Waals surface area contributed by atoms with Crippen LogP contribution in [0.5, 0.6) is 0 Å². The van der Waals surface area contributed by atoms with Crippen molar-refractivity contribution in [2.75, 3.05) is 12.1 Å². The molecule has 0 atom stereocenters. The third kappa shape index (κ3) is 1.65. The van der Waals surface area contributed by atoms with Crippen LogP contribution in [-0.4, -0.2) is 12.0 Å². The molecule has 0 unspecified atom stereocenters. The Balaban J connectivity index is 3.09. The van der Waals surface area contributed by atoms with E-state index in [2.05, 4.69) is 4.98 Å². The summed E-state index contributed by atoms with van der Waals surface area (Å²) in [6.45, 7) is 1.76. The summed E-state index contributed by atoms with van der Waals surface area (Å²) in [7, 11) is 1.66. The van der Waals surface area contributed by atoms with E-state index in [9.17, 15) is 4.39 Å². The van der Waals surface area contributed by atoms with Crippen LogP contribution < -0.4 is 10.9 Å². The van der Waals surface area contributed by atoms with Gasteiger partial charge in [0.15, 0.2) is 0 Å². The van der Waals surface area contributed by atoms with E-state index in [1.165, 1.54) is 11.1 Å². The van der Waals surface area contributed by atoms with Crippen LogP contribution >= 0.6 is 0 Å². The summed E-state index contributed by atoms with van der Waals surface area (Å²) >= 11 is 0. The minimum Gasteiger partial charge on any atom is -0.298 e. The Kier molecular flexibility index (Phi) is 2.05. The maximum Gasteiger partial charge on any atom is 0.145 e. The first-order chi connectivity index (χ1) is 5.11. The number of nitrogens with zero attached hydrogens (tertiary/aromatic N) is 2. The lowest BCUT2D eigenvalue weighted by molar-refractivity contribution is 0.619. The Labute approximate surface area is 64.6 Å². The predicted molar refractivity (Wildman–Crippen MR) is 41.5 cm³/mol. The molecule has 1 rings (SSSR count). The zero-order chi connectivity index (χ0) is 8.43. The SMILES string of the molecule is Cc1cc(F)cnc1N(C)N. The number of halogens is 1. The van der Waals surface area contributed by atoms with E-state index >= 15 is 0 Å². The summed E-state index contributed by atoms with van der Waals surface area (Å²) in [4.78, 5) is 3.80. The molecule has 0 amide bonds. The summed E-state index contributed by atoms with van der Waals surface area (Å²) in [5.74, 6) is 5.66. The van der Waals surface area contributed by atoms with Crippen molar-refractivity contribution >= 4 is 5.82 Å². The number of hydrazine groups is 1. The van der Waals surface area contributed by atoms with Crippen molar-refractivity contribution in [1.29, 1.82) is 0 Å². The van der Waals surface area contributed by atoms with E-state index < -0.39 is 0 Å². The van der Waals surface area contributed by atoms with Gasteiger partial charge in [0.05, 0.1) is 6.20 Å². The minimum atomic E-state index is -0.340. The second kappa shape index (κ2) is 2.84. The Hall–Kier alpha value is -1.16. The molecule has 0 aromatic carbocycles. The fourth-order valence-electron chi connectivity index (χ4n) is 0.903. The lowest BCUT2D eigenvalue weighted by atomic mass is 10.3. The van der Waals surface area contributed by atoms with Gasteiger partial charge >= 0.3 is 0 Å². The number of rotatable bonds is 1. The van der Waals surface area contributed by atoms with E-state index in [-0.39, 0.29) is 5.82 Å². The number of nitrogens with two attached hydrogens (primary N) is 1. The molecule has 0 aliphatic rings. The Bertz CT molecular complexity index is 260. The molecule has 1 heterocycles. The van der Waals surface area contributed by atoms with Crippen LogP contribution in [0.2, 0.25) is 0 Å². The van der Waals surface area contributed by atoms with Gasteiger partial charge in [0.2, 0.25) is 0 Å². The molecule has 11 heavy (non-hydrogen) atoms. The fourth-order valence-corrected chi connectivity index (χ4v) is 0.903. The summed E-state index contributed by atoms with van der Waals surface area (Å²) in [5.41, 5.74) is 0.731. The van der Waals surface area contributed by atoms with E-state index in [1.807, 2.05) is 0 Å². The second-order valence-corrected chi connectivity index (χ2v) is 2.40. The third-order valence-electron chi connectivity index (χ3n) is 1.35. The monoisotopic (exact) mass is 155 g/mol. The van der Waals surface area contributed by atoms with Gasteiger partial charge in [-0.15, -0.1) is 0 Å². The van der Waals surface area contributed by atoms with E-state index in [0.717, 1.165) is 11.8 Å². The molecule has 0 aliphatic carbocycles. The molecule has 1 aromatic rings. The van der Waals surface area contributed by atoms with Crippen LogP contribution in [-0.2, 0) is 0 Å². The number of aryl methyl sites for hydroxylation is 1. The largest absolute Gasteiger partial charge is 0.298 e. The van der Waals surface area contributed by atoms with Crippen LogP contribution in [0, 0.1) is 12.7 Å². The summed E-state index contributed by atoms with van der Waals surface area (Å²) < 4.78 is 12.5. The zero-order valence-corrected chi connectivity index (χ0v) is 6.50. The molecule has 0 aliphatic heterocycles. The van der Waals surface area contributed by atoms with Gasteiger partial charge in [-0.3, -0.25) is 5.01 Å². The van der Waals surface area contributed by atoms with Gasteiger partial charge in [0, 0.05) is 7.05 Å². The molecular weight excluding hydrogens is 145 g/mol. The molecule has 3 nitrogen and oxygen atoms in total. The molecule has 1 aromatic heterocycles. The summed E-state index contributed by atoms with van der Waals surface area (Å²) in [6, 6.07) is 1.39. The first-order valence-corrected chi connectivity index (χ1v) is 3.22. The highest BCUT2D eigenvalue weighted by molar-refractivity contribution is 5.43. The van der Waals surface area contributed by atoms with Crippen LogP contribution in [0.3, 0.4) is 0 Å². The van der Waals surface area contributed by atoms with Crippen LogP contribution in [0.25, 0.3) is 0 Å². The van der Waals surface area contributed by atoms with Gasteiger partial charge in [-0.2, -0.15) is 0 Å². The molecule has 0 radical (unpaired) electrons. The van der Waals surface area contributed by atoms with Crippen molar-refractivity contribution in [2.24, 2.45) is 5.84 Å². The van der Waals surface area contributed by atoms with Gasteiger partial charge in [-0.05, 0) is 18.6 Å². The van der Waals surface area contributed by atoms with Gasteiger partial charge < -0.3 is 0 Å². The number of pyridine rings is 1. The predicted octanol–water partition coefficient (Wildman–Crippen LogP) is 0.839. The van der Waals surface area contributed by atoms with Crippen molar-refractivity contribution < 1.29 is 4.39 Å². The third-order valence-corrected chi connectivity index (χ3v) is 1.35. The summed E-state index contributed by atoms with van der Waals surface area (Å²) in [5, 5.41) is 1.36. The first kappa shape index (κ1) is 7.94. The number of hydrogen-bond acceptors (Lipinski definition) is 3. The highest BCUT2D eigenvalue weighted by Crippen LogP contribution is 2.12. The topological polar surface area (TPSA) is 42.2 Å². The van der Waals surface area contributed by atoms with Crippen molar-refractivity contribution in [2.45, 2.75) is 6.92 Å². The van der Waals surface area contributed by atoms with Crippen molar-refractivity contribution in [1.82, 2.24) is 4.98 Å². The van der Waals surface area contributed by atoms with Gasteiger partial charge in [-0.1, -0.05) is 0 Å². The second-order valence-electron chi connectivity index (χ2n) is 2.40. The number of aromatic nitrogens is 1. The Morgan fingerprint density at radius 3 is 2.73 bits per heavy atom. The van der Waals surface area contributed by atoms with Crippen LogP contribution in [0.4, 0.5) is 10.2 Å². The van der Waals surface area contributed by atoms with Crippen molar-refractivity contribution in [3.8, 4) is 0 Å². The van der Waals surface area contributed by atoms with Crippen molar-refractivity contribution in [3.63, 3.8) is 0 Å². The van der Waals surface area contributed by atoms with Crippen molar-refractivity contribution in [3.05, 3.63) is 23.6 Å². The quantitative estimate of drug-likeness (QED) is 0.482.